The van der Waals surface area contributed by atoms with Crippen LogP contribution in [0.15, 0.2) is 77.0 Å². The van der Waals surface area contributed by atoms with Crippen LogP contribution in [0.5, 0.6) is 5.75 Å². The predicted molar refractivity (Wildman–Crippen MR) is 107 cm³/mol. The summed E-state index contributed by atoms with van der Waals surface area (Å²) in [6.45, 7) is 1.89. The van der Waals surface area contributed by atoms with Gasteiger partial charge < -0.3 is 19.8 Å². The lowest BCUT2D eigenvalue weighted by molar-refractivity contribution is -0.113. The monoisotopic (exact) mass is 376 g/mol. The number of carbonyl (C=O) groups excluding carboxylic acids is 2. The van der Waals surface area contributed by atoms with E-state index < -0.39 is 11.8 Å². The Morgan fingerprint density at radius 1 is 1.00 bits per heavy atom. The zero-order chi connectivity index (χ0) is 19.9. The van der Waals surface area contributed by atoms with Gasteiger partial charge in [-0.05, 0) is 54.5 Å². The number of rotatable bonds is 6. The van der Waals surface area contributed by atoms with E-state index in [0.717, 1.165) is 11.1 Å². The number of benzene rings is 2. The number of ether oxygens (including phenoxy) is 1. The normalized spacial score (nSPS) is 11.0. The van der Waals surface area contributed by atoms with Crippen LogP contribution in [0.4, 0.5) is 5.69 Å². The summed E-state index contributed by atoms with van der Waals surface area (Å²) in [4.78, 5) is 25.2. The van der Waals surface area contributed by atoms with Crippen molar-refractivity contribution in [1.29, 1.82) is 0 Å². The van der Waals surface area contributed by atoms with Gasteiger partial charge >= 0.3 is 0 Å². The molecule has 0 saturated heterocycles. The molecule has 0 aliphatic heterocycles. The first-order valence-electron chi connectivity index (χ1n) is 8.64. The van der Waals surface area contributed by atoms with E-state index in [2.05, 4.69) is 10.6 Å². The molecular weight excluding hydrogens is 356 g/mol. The maximum Gasteiger partial charge on any atom is 0.291 e. The molecule has 2 aromatic carbocycles. The van der Waals surface area contributed by atoms with E-state index in [1.165, 1.54) is 12.3 Å². The fourth-order valence-corrected chi connectivity index (χ4v) is 2.52. The van der Waals surface area contributed by atoms with Gasteiger partial charge in [-0.1, -0.05) is 30.3 Å². The summed E-state index contributed by atoms with van der Waals surface area (Å²) in [5.41, 5.74) is 2.41. The minimum Gasteiger partial charge on any atom is -0.497 e. The average molecular weight is 376 g/mol. The largest absolute Gasteiger partial charge is 0.497 e. The lowest BCUT2D eigenvalue weighted by atomic mass is 10.1. The summed E-state index contributed by atoms with van der Waals surface area (Å²) in [7, 11) is 1.58. The third kappa shape index (κ3) is 4.67. The molecule has 6 heteroatoms. The molecule has 2 N–H and O–H groups in total. The molecule has 6 nitrogen and oxygen atoms in total. The summed E-state index contributed by atoms with van der Waals surface area (Å²) in [5, 5.41) is 5.45. The lowest BCUT2D eigenvalue weighted by Crippen LogP contribution is -2.30. The number of hydrogen-bond donors (Lipinski definition) is 2. The van der Waals surface area contributed by atoms with Crippen molar-refractivity contribution in [3.63, 3.8) is 0 Å². The Labute approximate surface area is 162 Å². The van der Waals surface area contributed by atoms with Gasteiger partial charge in [-0.2, -0.15) is 0 Å². The van der Waals surface area contributed by atoms with Crippen molar-refractivity contribution in [1.82, 2.24) is 5.32 Å². The van der Waals surface area contributed by atoms with Gasteiger partial charge in [0.25, 0.3) is 11.8 Å². The number of amides is 2. The number of hydrogen-bond acceptors (Lipinski definition) is 4. The van der Waals surface area contributed by atoms with E-state index in [1.807, 2.05) is 25.1 Å². The van der Waals surface area contributed by atoms with Gasteiger partial charge in [0.15, 0.2) is 5.76 Å². The summed E-state index contributed by atoms with van der Waals surface area (Å²) in [6, 6.07) is 17.7. The molecule has 28 heavy (non-hydrogen) atoms. The molecule has 0 fully saturated rings. The van der Waals surface area contributed by atoms with Gasteiger partial charge in [0.1, 0.15) is 11.4 Å². The van der Waals surface area contributed by atoms with Crippen molar-refractivity contribution in [3.05, 3.63) is 89.5 Å². The Hall–Kier alpha value is -3.80. The Balaban J connectivity index is 1.88. The molecule has 2 amide bonds. The Bertz CT molecular complexity index is 990. The number of para-hydroxylation sites is 1. The third-order valence-electron chi connectivity index (χ3n) is 4.06. The molecule has 0 aliphatic rings. The standard InChI is InChI=1S/C22H20N2O4/c1-15-6-3-4-7-18(15)23-21(25)19(24-22(26)20-8-5-13-28-20)14-16-9-11-17(27-2)12-10-16/h3-14H,1-2H3,(H,23,25)(H,24,26). The second kappa shape index (κ2) is 8.73. The van der Waals surface area contributed by atoms with Crippen LogP contribution >= 0.6 is 0 Å². The highest BCUT2D eigenvalue weighted by Crippen LogP contribution is 2.17. The minimum atomic E-state index is -0.510. The third-order valence-corrected chi connectivity index (χ3v) is 4.06. The molecule has 0 radical (unpaired) electrons. The average Bonchev–Trinajstić information content (AvgIpc) is 3.25. The molecule has 0 spiro atoms. The van der Waals surface area contributed by atoms with Crippen LogP contribution in [0.1, 0.15) is 21.7 Å². The van der Waals surface area contributed by atoms with Crippen LogP contribution in [-0.2, 0) is 4.79 Å². The molecule has 0 atom stereocenters. The summed E-state index contributed by atoms with van der Waals surface area (Å²) in [6.07, 6.45) is 2.99. The molecular formula is C22H20N2O4. The van der Waals surface area contributed by atoms with Crippen LogP contribution in [-0.4, -0.2) is 18.9 Å². The van der Waals surface area contributed by atoms with Crippen molar-refractivity contribution < 1.29 is 18.7 Å². The number of aryl methyl sites for hydroxylation is 1. The molecule has 0 bridgehead atoms. The van der Waals surface area contributed by atoms with E-state index in [4.69, 9.17) is 9.15 Å². The number of furan rings is 1. The van der Waals surface area contributed by atoms with Crippen LogP contribution in [0.2, 0.25) is 0 Å². The van der Waals surface area contributed by atoms with Gasteiger partial charge in [-0.25, -0.2) is 0 Å². The summed E-state index contributed by atoms with van der Waals surface area (Å²) in [5.74, 6) is -0.137. The zero-order valence-corrected chi connectivity index (χ0v) is 15.6. The highest BCUT2D eigenvalue weighted by molar-refractivity contribution is 6.10. The van der Waals surface area contributed by atoms with Crippen LogP contribution in [0.3, 0.4) is 0 Å². The van der Waals surface area contributed by atoms with E-state index >= 15 is 0 Å². The van der Waals surface area contributed by atoms with Crippen LogP contribution in [0, 0.1) is 6.92 Å². The van der Waals surface area contributed by atoms with Gasteiger partial charge in [-0.15, -0.1) is 0 Å². The molecule has 142 valence electrons. The molecule has 0 aliphatic carbocycles. The zero-order valence-electron chi connectivity index (χ0n) is 15.6. The molecule has 3 rings (SSSR count). The first kappa shape index (κ1) is 19.0. The number of methoxy groups -OCH3 is 1. The summed E-state index contributed by atoms with van der Waals surface area (Å²) >= 11 is 0. The highest BCUT2D eigenvalue weighted by atomic mass is 16.5. The van der Waals surface area contributed by atoms with Crippen molar-refractivity contribution in [3.8, 4) is 5.75 Å². The number of nitrogens with one attached hydrogen (secondary N) is 2. The van der Waals surface area contributed by atoms with Crippen molar-refractivity contribution in [2.75, 3.05) is 12.4 Å². The lowest BCUT2D eigenvalue weighted by Gasteiger charge is -2.12. The van der Waals surface area contributed by atoms with E-state index in [1.54, 1.807) is 49.6 Å². The Kier molecular flexibility index (Phi) is 5.91. The summed E-state index contributed by atoms with van der Waals surface area (Å²) < 4.78 is 10.3. The van der Waals surface area contributed by atoms with Gasteiger partial charge in [0.05, 0.1) is 13.4 Å². The van der Waals surface area contributed by atoms with Crippen molar-refractivity contribution in [2.24, 2.45) is 0 Å². The highest BCUT2D eigenvalue weighted by Gasteiger charge is 2.17. The van der Waals surface area contributed by atoms with E-state index in [9.17, 15) is 9.59 Å². The number of carbonyl (C=O) groups is 2. The van der Waals surface area contributed by atoms with Crippen LogP contribution < -0.4 is 15.4 Å². The fraction of sp³-hybridized carbons (Fsp3) is 0.0909. The van der Waals surface area contributed by atoms with E-state index in [-0.39, 0.29) is 11.5 Å². The Morgan fingerprint density at radius 3 is 2.39 bits per heavy atom. The van der Waals surface area contributed by atoms with Crippen LogP contribution in [0.25, 0.3) is 6.08 Å². The Morgan fingerprint density at radius 2 is 1.75 bits per heavy atom. The fourth-order valence-electron chi connectivity index (χ4n) is 2.52. The van der Waals surface area contributed by atoms with Crippen molar-refractivity contribution >= 4 is 23.6 Å². The SMILES string of the molecule is COc1ccc(C=C(NC(=O)c2ccco2)C(=O)Nc2ccccc2C)cc1. The maximum absolute atomic E-state index is 12.8. The molecule has 1 aromatic heterocycles. The van der Waals surface area contributed by atoms with E-state index in [0.29, 0.717) is 11.4 Å². The second-order valence-corrected chi connectivity index (χ2v) is 6.03. The van der Waals surface area contributed by atoms with Gasteiger partial charge in [0, 0.05) is 5.69 Å². The quantitative estimate of drug-likeness (QED) is 0.637. The first-order chi connectivity index (χ1) is 13.6. The molecule has 3 aromatic rings. The second-order valence-electron chi connectivity index (χ2n) is 6.03. The minimum absolute atomic E-state index is 0.0924. The number of anilines is 1. The molecule has 0 saturated carbocycles. The maximum atomic E-state index is 12.8. The molecule has 0 unspecified atom stereocenters. The van der Waals surface area contributed by atoms with Gasteiger partial charge in [0.2, 0.25) is 0 Å². The van der Waals surface area contributed by atoms with Gasteiger partial charge in [-0.3, -0.25) is 9.59 Å². The topological polar surface area (TPSA) is 80.6 Å². The first-order valence-corrected chi connectivity index (χ1v) is 8.64. The van der Waals surface area contributed by atoms with Crippen molar-refractivity contribution in [2.45, 2.75) is 6.92 Å². The molecule has 1 heterocycles. The smallest absolute Gasteiger partial charge is 0.291 e. The predicted octanol–water partition coefficient (Wildman–Crippen LogP) is 4.01.